The molecule has 244 valence electrons. The van der Waals surface area contributed by atoms with Crippen molar-refractivity contribution in [2.45, 2.75) is 18.9 Å². The van der Waals surface area contributed by atoms with E-state index >= 15 is 0 Å². The third-order valence-electron chi connectivity index (χ3n) is 8.42. The molecule has 4 heterocycles. The van der Waals surface area contributed by atoms with Crippen LogP contribution in [0.3, 0.4) is 0 Å². The van der Waals surface area contributed by atoms with E-state index in [1.165, 1.54) is 6.07 Å². The number of benzene rings is 2. The zero-order valence-corrected chi connectivity index (χ0v) is 26.6. The van der Waals surface area contributed by atoms with Gasteiger partial charge >= 0.3 is 0 Å². The first-order valence-electron chi connectivity index (χ1n) is 15.1. The zero-order chi connectivity index (χ0) is 33.1. The molecule has 0 spiro atoms. The van der Waals surface area contributed by atoms with Crippen molar-refractivity contribution in [3.8, 4) is 23.1 Å². The van der Waals surface area contributed by atoms with Gasteiger partial charge < -0.3 is 30.3 Å². The van der Waals surface area contributed by atoms with Crippen LogP contribution >= 0.6 is 23.2 Å². The number of carbonyl (C=O) groups excluding carboxylic acids is 2. The van der Waals surface area contributed by atoms with Gasteiger partial charge in [-0.15, -0.1) is 0 Å². The summed E-state index contributed by atoms with van der Waals surface area (Å²) in [5.74, 6) is -0.804. The van der Waals surface area contributed by atoms with E-state index in [2.05, 4.69) is 20.6 Å². The molecule has 2 fully saturated rings. The third kappa shape index (κ3) is 6.68. The molecule has 0 saturated carbocycles. The maximum Gasteiger partial charge on any atom is 0.255 e. The summed E-state index contributed by atoms with van der Waals surface area (Å²) in [5.41, 5.74) is 2.24. The van der Waals surface area contributed by atoms with E-state index in [0.29, 0.717) is 79.5 Å². The van der Waals surface area contributed by atoms with Crippen molar-refractivity contribution in [1.82, 2.24) is 29.5 Å². The van der Waals surface area contributed by atoms with Crippen molar-refractivity contribution in [2.24, 2.45) is 5.92 Å². The number of ether oxygens (including phenoxy) is 1. The highest BCUT2D eigenvalue weighted by molar-refractivity contribution is 6.34. The third-order valence-corrected chi connectivity index (χ3v) is 9.11. The lowest BCUT2D eigenvalue weighted by Crippen LogP contribution is -2.56. The highest BCUT2D eigenvalue weighted by Gasteiger charge is 2.33. The van der Waals surface area contributed by atoms with Crippen LogP contribution in [-0.2, 0) is 4.79 Å². The molecule has 15 heteroatoms. The molecule has 2 aliphatic rings. The first kappa shape index (κ1) is 32.5. The van der Waals surface area contributed by atoms with Gasteiger partial charge in [0.1, 0.15) is 6.07 Å². The maximum absolute atomic E-state index is 14.8. The quantitative estimate of drug-likeness (QED) is 0.250. The molecular formula is C32H31Cl2FN8O4. The minimum absolute atomic E-state index is 0.0163. The summed E-state index contributed by atoms with van der Waals surface area (Å²) in [6, 6.07) is 9.68. The minimum Gasteiger partial charge on any atom is -0.476 e. The van der Waals surface area contributed by atoms with Crippen molar-refractivity contribution >= 4 is 52.2 Å². The Morgan fingerprint density at radius 1 is 1.15 bits per heavy atom. The molecule has 0 aliphatic carbocycles. The van der Waals surface area contributed by atoms with Crippen LogP contribution in [0.15, 0.2) is 48.9 Å². The predicted octanol–water partition coefficient (Wildman–Crippen LogP) is 4.13. The number of nitrogens with one attached hydrogen (secondary N) is 2. The summed E-state index contributed by atoms with van der Waals surface area (Å²) in [6.45, 7) is 2.31. The van der Waals surface area contributed by atoms with Crippen LogP contribution in [0.25, 0.3) is 16.9 Å². The monoisotopic (exact) mass is 680 g/mol. The van der Waals surface area contributed by atoms with Crippen LogP contribution < -0.4 is 15.4 Å². The van der Waals surface area contributed by atoms with Crippen LogP contribution in [0.2, 0.25) is 10.0 Å². The summed E-state index contributed by atoms with van der Waals surface area (Å²) < 4.78 is 21.6. The second kappa shape index (κ2) is 14.1. The van der Waals surface area contributed by atoms with Crippen LogP contribution in [0, 0.1) is 23.1 Å². The Bertz CT molecular complexity index is 1860. The number of hydrogen-bond donors (Lipinski definition) is 3. The first-order valence-corrected chi connectivity index (χ1v) is 15.8. The fourth-order valence-corrected chi connectivity index (χ4v) is 6.48. The molecular weight excluding hydrogens is 650 g/mol. The van der Waals surface area contributed by atoms with Gasteiger partial charge in [-0.1, -0.05) is 23.2 Å². The molecule has 12 nitrogen and oxygen atoms in total. The van der Waals surface area contributed by atoms with Gasteiger partial charge in [-0.2, -0.15) is 5.26 Å². The number of nitrogens with zero attached hydrogens (tertiary/aromatic N) is 6. The summed E-state index contributed by atoms with van der Waals surface area (Å²) in [5, 5.41) is 24.6. The van der Waals surface area contributed by atoms with E-state index in [1.54, 1.807) is 58.2 Å². The number of halogens is 3. The highest BCUT2D eigenvalue weighted by atomic mass is 35.5. The van der Waals surface area contributed by atoms with Crippen molar-refractivity contribution in [1.29, 1.82) is 5.26 Å². The number of anilines is 2. The number of fused-ring (bicyclic) bond motifs is 1. The van der Waals surface area contributed by atoms with Gasteiger partial charge in [0.2, 0.25) is 5.91 Å². The lowest BCUT2D eigenvalue weighted by Gasteiger charge is -2.38. The van der Waals surface area contributed by atoms with E-state index in [9.17, 15) is 19.1 Å². The van der Waals surface area contributed by atoms with Gasteiger partial charge in [0.25, 0.3) is 5.91 Å². The Morgan fingerprint density at radius 3 is 2.70 bits per heavy atom. The van der Waals surface area contributed by atoms with Crippen LogP contribution in [-0.4, -0.2) is 93.1 Å². The molecule has 47 heavy (non-hydrogen) atoms. The molecule has 0 unspecified atom stereocenters. The maximum atomic E-state index is 14.8. The number of nitriles is 1. The molecule has 4 aromatic rings. The molecule has 2 aromatic heterocycles. The Morgan fingerprint density at radius 2 is 1.96 bits per heavy atom. The summed E-state index contributed by atoms with van der Waals surface area (Å²) >= 11 is 12.9. The number of aromatic nitrogens is 3. The van der Waals surface area contributed by atoms with Crippen molar-refractivity contribution in [2.75, 3.05) is 51.3 Å². The fraction of sp³-hybridized carbons (Fsp3) is 0.344. The highest BCUT2D eigenvalue weighted by Crippen LogP contribution is 2.36. The molecule has 2 aromatic carbocycles. The van der Waals surface area contributed by atoms with E-state index in [-0.39, 0.29) is 52.8 Å². The van der Waals surface area contributed by atoms with E-state index in [1.807, 2.05) is 4.90 Å². The van der Waals surface area contributed by atoms with Crippen LogP contribution in [0.5, 0.6) is 5.75 Å². The number of carbonyl (C=O) groups is 2. The van der Waals surface area contributed by atoms with Gasteiger partial charge in [-0.05, 0) is 43.2 Å². The molecule has 2 saturated heterocycles. The van der Waals surface area contributed by atoms with Crippen LogP contribution in [0.1, 0.15) is 23.2 Å². The largest absolute Gasteiger partial charge is 0.476 e. The molecule has 2 amide bonds. The SMILES string of the molecule is N#CCOc1ccc(-c2cnc3c(Nc4ccc(C(=O)N5CCC(C(=O)N6CCN[C@H](CO)C6)CC5)c(Cl)c4)nccn23)c(Cl)c1F. The molecule has 6 rings (SSSR count). The molecule has 1 atom stereocenters. The second-order valence-electron chi connectivity index (χ2n) is 11.3. The second-order valence-corrected chi connectivity index (χ2v) is 12.1. The number of piperazine rings is 1. The van der Waals surface area contributed by atoms with E-state index < -0.39 is 5.82 Å². The average Bonchev–Trinajstić information content (AvgIpc) is 3.53. The van der Waals surface area contributed by atoms with Crippen LogP contribution in [0.4, 0.5) is 15.9 Å². The predicted molar refractivity (Wildman–Crippen MR) is 173 cm³/mol. The van der Waals surface area contributed by atoms with Crippen molar-refractivity contribution in [3.63, 3.8) is 0 Å². The fourth-order valence-electron chi connectivity index (χ4n) is 5.97. The number of rotatable bonds is 8. The number of amides is 2. The summed E-state index contributed by atoms with van der Waals surface area (Å²) in [4.78, 5) is 38.9. The average molecular weight is 682 g/mol. The van der Waals surface area contributed by atoms with Gasteiger partial charge in [-0.25, -0.2) is 14.4 Å². The zero-order valence-electron chi connectivity index (χ0n) is 25.1. The smallest absolute Gasteiger partial charge is 0.255 e. The molecule has 3 N–H and O–H groups in total. The summed E-state index contributed by atoms with van der Waals surface area (Å²) in [7, 11) is 0. The summed E-state index contributed by atoms with van der Waals surface area (Å²) in [6.07, 6.45) is 5.89. The van der Waals surface area contributed by atoms with Crippen molar-refractivity contribution < 1.29 is 23.8 Å². The van der Waals surface area contributed by atoms with Gasteiger partial charge in [-0.3, -0.25) is 14.0 Å². The van der Waals surface area contributed by atoms with E-state index in [0.717, 1.165) is 0 Å². The Kier molecular flexibility index (Phi) is 9.74. The van der Waals surface area contributed by atoms with Gasteiger partial charge in [0, 0.05) is 68.3 Å². The lowest BCUT2D eigenvalue weighted by molar-refractivity contribution is -0.138. The number of aliphatic hydroxyl groups excluding tert-OH is 1. The standard InChI is InChI=1S/C32H31Cl2FN8O4/c33-24-15-20(1-2-22(24)32(46)41-10-5-19(6-11-41)31(45)42-12-8-37-21(17-42)18-44)40-29-30-39-16-25(43(30)13-9-38-29)23-3-4-26(47-14-7-36)28(35)27(23)34/h1-4,9,13,15-16,19,21,37,44H,5-6,8,10-12,14,17-18H2,(H,38,40)/t21-/m0/s1. The Balaban J connectivity index is 1.13. The Hall–Kier alpha value is -4.48. The van der Waals surface area contributed by atoms with Gasteiger partial charge in [0.15, 0.2) is 29.6 Å². The molecule has 0 bridgehead atoms. The number of likely N-dealkylation sites (tertiary alicyclic amines) is 1. The number of aliphatic hydroxyl groups is 1. The first-order chi connectivity index (χ1) is 22.8. The normalized spacial score (nSPS) is 17.0. The van der Waals surface area contributed by atoms with Gasteiger partial charge in [0.05, 0.1) is 34.1 Å². The molecule has 0 radical (unpaired) electrons. The van der Waals surface area contributed by atoms with E-state index in [4.69, 9.17) is 33.2 Å². The topological polar surface area (TPSA) is 148 Å². The number of piperidine rings is 1. The number of imidazole rings is 1. The Labute approximate surface area is 279 Å². The van der Waals surface area contributed by atoms with Crippen molar-refractivity contribution in [3.05, 3.63) is 70.3 Å². The lowest BCUT2D eigenvalue weighted by atomic mass is 9.94. The minimum atomic E-state index is -0.781. The molecule has 2 aliphatic heterocycles. The number of hydrogen-bond acceptors (Lipinski definition) is 9.